The van der Waals surface area contributed by atoms with Gasteiger partial charge in [-0.2, -0.15) is 0 Å². The van der Waals surface area contributed by atoms with Crippen LogP contribution in [0.1, 0.15) is 24.2 Å². The largest absolute Gasteiger partial charge is 0.508 e. The van der Waals surface area contributed by atoms with Gasteiger partial charge in [0, 0.05) is 24.4 Å². The van der Waals surface area contributed by atoms with Gasteiger partial charge in [-0.25, -0.2) is 8.42 Å². The van der Waals surface area contributed by atoms with Gasteiger partial charge in [-0.3, -0.25) is 4.79 Å². The second-order valence-electron chi connectivity index (χ2n) is 4.95. The lowest BCUT2D eigenvalue weighted by atomic mass is 10.1. The first-order valence-electron chi connectivity index (χ1n) is 5.54. The maximum atomic E-state index is 11.8. The molecular formula is C12H17NO5S. The van der Waals surface area contributed by atoms with Crippen LogP contribution in [0, 0.1) is 0 Å². The quantitative estimate of drug-likeness (QED) is 0.754. The SMILES string of the molecule is CC(C)(CNC(=O)c1cc(O)cc(O)c1)S(C)(=O)=O. The molecule has 0 atom stereocenters. The predicted octanol–water partition coefficient (Wildman–Crippen LogP) is 0.651. The third kappa shape index (κ3) is 3.85. The summed E-state index contributed by atoms with van der Waals surface area (Å²) in [5, 5.41) is 21.0. The van der Waals surface area contributed by atoms with Crippen LogP contribution in [-0.2, 0) is 9.84 Å². The maximum Gasteiger partial charge on any atom is 0.251 e. The molecule has 3 N–H and O–H groups in total. The van der Waals surface area contributed by atoms with Crippen LogP contribution in [-0.4, -0.2) is 42.1 Å². The molecule has 106 valence electrons. The van der Waals surface area contributed by atoms with Crippen LogP contribution in [0.2, 0.25) is 0 Å². The Labute approximate surface area is 112 Å². The minimum atomic E-state index is -3.31. The van der Waals surface area contributed by atoms with E-state index in [-0.39, 0.29) is 23.6 Å². The summed E-state index contributed by atoms with van der Waals surface area (Å²) in [6.07, 6.45) is 1.10. The fourth-order valence-electron chi connectivity index (χ4n) is 1.25. The highest BCUT2D eigenvalue weighted by Gasteiger charge is 2.30. The highest BCUT2D eigenvalue weighted by atomic mass is 32.2. The minimum absolute atomic E-state index is 0.0572. The van der Waals surface area contributed by atoms with Crippen molar-refractivity contribution < 1.29 is 23.4 Å². The van der Waals surface area contributed by atoms with Gasteiger partial charge in [0.05, 0.1) is 4.75 Å². The van der Waals surface area contributed by atoms with Gasteiger partial charge < -0.3 is 15.5 Å². The Balaban J connectivity index is 2.82. The number of carbonyl (C=O) groups excluding carboxylic acids is 1. The summed E-state index contributed by atoms with van der Waals surface area (Å²) in [5.74, 6) is -1.05. The van der Waals surface area contributed by atoms with Gasteiger partial charge in [-0.15, -0.1) is 0 Å². The molecule has 0 saturated carbocycles. The molecule has 1 rings (SSSR count). The Hall–Kier alpha value is -1.76. The molecule has 0 aliphatic carbocycles. The fraction of sp³-hybridized carbons (Fsp3) is 0.417. The van der Waals surface area contributed by atoms with Gasteiger partial charge in [-0.05, 0) is 26.0 Å². The number of phenols is 2. The van der Waals surface area contributed by atoms with Crippen molar-refractivity contribution in [1.82, 2.24) is 5.32 Å². The van der Waals surface area contributed by atoms with Crippen molar-refractivity contribution in [3.05, 3.63) is 23.8 Å². The van der Waals surface area contributed by atoms with E-state index in [1.807, 2.05) is 0 Å². The zero-order valence-electron chi connectivity index (χ0n) is 11.0. The number of phenolic OH excluding ortho intramolecular Hbond substituents is 2. The van der Waals surface area contributed by atoms with Crippen molar-refractivity contribution in [2.24, 2.45) is 0 Å². The van der Waals surface area contributed by atoms with Gasteiger partial charge in [0.25, 0.3) is 5.91 Å². The van der Waals surface area contributed by atoms with Crippen LogP contribution < -0.4 is 5.32 Å². The van der Waals surface area contributed by atoms with Crippen LogP contribution in [0.3, 0.4) is 0 Å². The van der Waals surface area contributed by atoms with Crippen molar-refractivity contribution in [3.63, 3.8) is 0 Å². The first-order valence-corrected chi connectivity index (χ1v) is 7.43. The topological polar surface area (TPSA) is 104 Å². The molecule has 7 heteroatoms. The highest BCUT2D eigenvalue weighted by molar-refractivity contribution is 7.92. The van der Waals surface area contributed by atoms with Gasteiger partial charge in [-0.1, -0.05) is 0 Å². The first-order chi connectivity index (χ1) is 8.53. The first kappa shape index (κ1) is 15.3. The molecule has 1 amide bonds. The molecule has 1 aromatic rings. The van der Waals surface area contributed by atoms with E-state index >= 15 is 0 Å². The van der Waals surface area contributed by atoms with Crippen LogP contribution in [0.15, 0.2) is 18.2 Å². The van der Waals surface area contributed by atoms with Crippen molar-refractivity contribution in [1.29, 1.82) is 0 Å². The van der Waals surface area contributed by atoms with Crippen molar-refractivity contribution >= 4 is 15.7 Å². The third-order valence-electron chi connectivity index (χ3n) is 2.84. The van der Waals surface area contributed by atoms with Gasteiger partial charge in [0.1, 0.15) is 11.5 Å². The second-order valence-corrected chi connectivity index (χ2v) is 7.60. The number of sulfone groups is 1. The van der Waals surface area contributed by atoms with Crippen LogP contribution >= 0.6 is 0 Å². The molecular weight excluding hydrogens is 270 g/mol. The van der Waals surface area contributed by atoms with Crippen LogP contribution in [0.4, 0.5) is 0 Å². The number of nitrogens with one attached hydrogen (secondary N) is 1. The Morgan fingerprint density at radius 2 is 1.68 bits per heavy atom. The van der Waals surface area contributed by atoms with E-state index in [9.17, 15) is 23.4 Å². The number of hydrogen-bond acceptors (Lipinski definition) is 5. The monoisotopic (exact) mass is 287 g/mol. The molecule has 19 heavy (non-hydrogen) atoms. The summed E-state index contributed by atoms with van der Waals surface area (Å²) in [4.78, 5) is 11.8. The van der Waals surface area contributed by atoms with Gasteiger partial charge in [0.2, 0.25) is 0 Å². The van der Waals surface area contributed by atoms with E-state index in [0.717, 1.165) is 12.3 Å². The number of amides is 1. The maximum absolute atomic E-state index is 11.8. The summed E-state index contributed by atoms with van der Waals surface area (Å²) < 4.78 is 21.9. The average molecular weight is 287 g/mol. The Morgan fingerprint density at radius 3 is 2.11 bits per heavy atom. The van der Waals surface area contributed by atoms with Crippen LogP contribution in [0.5, 0.6) is 11.5 Å². The van der Waals surface area contributed by atoms with Gasteiger partial charge in [0.15, 0.2) is 9.84 Å². The highest BCUT2D eigenvalue weighted by Crippen LogP contribution is 2.20. The van der Waals surface area contributed by atoms with Crippen molar-refractivity contribution in [3.8, 4) is 11.5 Å². The minimum Gasteiger partial charge on any atom is -0.508 e. The van der Waals surface area contributed by atoms with Crippen molar-refractivity contribution in [2.75, 3.05) is 12.8 Å². The molecule has 1 aromatic carbocycles. The van der Waals surface area contributed by atoms with Crippen molar-refractivity contribution in [2.45, 2.75) is 18.6 Å². The van der Waals surface area contributed by atoms with E-state index in [4.69, 9.17) is 0 Å². The molecule has 0 unspecified atom stereocenters. The number of hydrogen-bond donors (Lipinski definition) is 3. The molecule has 6 nitrogen and oxygen atoms in total. The van der Waals surface area contributed by atoms with E-state index in [2.05, 4.69) is 5.32 Å². The molecule has 0 aliphatic rings. The summed E-state index contributed by atoms with van der Waals surface area (Å²) in [6, 6.07) is 3.46. The third-order valence-corrected chi connectivity index (χ3v) is 5.00. The lowest BCUT2D eigenvalue weighted by Gasteiger charge is -2.22. The smallest absolute Gasteiger partial charge is 0.251 e. The zero-order chi connectivity index (χ0) is 14.8. The Bertz CT molecular complexity index is 572. The molecule has 0 spiro atoms. The summed E-state index contributed by atoms with van der Waals surface area (Å²) >= 11 is 0. The lowest BCUT2D eigenvalue weighted by molar-refractivity contribution is 0.0949. The Morgan fingerprint density at radius 1 is 1.21 bits per heavy atom. The van der Waals surface area contributed by atoms with Gasteiger partial charge >= 0.3 is 0 Å². The van der Waals surface area contributed by atoms with E-state index < -0.39 is 20.5 Å². The molecule has 0 aromatic heterocycles. The number of rotatable bonds is 4. The number of benzene rings is 1. The number of aromatic hydroxyl groups is 2. The predicted molar refractivity (Wildman–Crippen MR) is 71.0 cm³/mol. The van der Waals surface area contributed by atoms with E-state index in [1.165, 1.54) is 26.0 Å². The zero-order valence-corrected chi connectivity index (χ0v) is 11.8. The number of carbonyl (C=O) groups is 1. The Kier molecular flexibility index (Phi) is 4.09. The summed E-state index contributed by atoms with van der Waals surface area (Å²) in [5.41, 5.74) is 0.0572. The fourth-order valence-corrected chi connectivity index (χ4v) is 1.59. The normalized spacial score (nSPS) is 12.2. The van der Waals surface area contributed by atoms with E-state index in [0.29, 0.717) is 0 Å². The summed E-state index contributed by atoms with van der Waals surface area (Å²) in [6.45, 7) is 2.94. The molecule has 0 fully saturated rings. The second kappa shape index (κ2) is 5.08. The van der Waals surface area contributed by atoms with E-state index in [1.54, 1.807) is 0 Å². The lowest BCUT2D eigenvalue weighted by Crippen LogP contribution is -2.43. The standard InChI is InChI=1S/C12H17NO5S/c1-12(2,19(3,17)18)7-13-11(16)8-4-9(14)6-10(15)5-8/h4-6,14-15H,7H2,1-3H3,(H,13,16). The molecule has 0 radical (unpaired) electrons. The van der Waals surface area contributed by atoms with Crippen LogP contribution in [0.25, 0.3) is 0 Å². The summed E-state index contributed by atoms with van der Waals surface area (Å²) in [7, 11) is -3.31. The molecule has 0 aliphatic heterocycles. The molecule has 0 heterocycles. The molecule has 0 saturated heterocycles. The average Bonchev–Trinajstić information content (AvgIpc) is 2.23. The molecule has 0 bridgehead atoms.